The summed E-state index contributed by atoms with van der Waals surface area (Å²) in [6, 6.07) is 131. The number of rotatable bonds is 14. The Morgan fingerprint density at radius 1 is 0.263 bits per heavy atom. The maximum absolute atomic E-state index is 9.34. The normalized spacial score (nSPS) is 13.2. The van der Waals surface area contributed by atoms with Crippen LogP contribution in [0.1, 0.15) is 33.2 Å². The number of nitrogens with zero attached hydrogens (tertiary/aromatic N) is 2. The molecule has 2 aliphatic rings. The topological polar surface area (TPSA) is 6.48 Å². The van der Waals surface area contributed by atoms with Crippen LogP contribution >= 0.6 is 0 Å². The zero-order valence-electron chi connectivity index (χ0n) is 60.5. The van der Waals surface area contributed by atoms with Crippen molar-refractivity contribution in [3.63, 3.8) is 0 Å². The summed E-state index contributed by atoms with van der Waals surface area (Å²) >= 11 is 0. The van der Waals surface area contributed by atoms with Crippen LogP contribution in [0.15, 0.2) is 388 Å². The van der Waals surface area contributed by atoms with Crippen LogP contribution < -0.4 is 67.7 Å². The van der Waals surface area contributed by atoms with E-state index in [9.17, 15) is 2.74 Å². The summed E-state index contributed by atoms with van der Waals surface area (Å²) < 4.78 is 45.0. The van der Waals surface area contributed by atoms with Gasteiger partial charge < -0.3 is 9.80 Å². The Hall–Kier alpha value is -11.6. The highest BCUT2D eigenvalue weighted by Gasteiger charge is 2.49. The number of para-hydroxylation sites is 1. The molecule has 17 rings (SSSR count). The second kappa shape index (κ2) is 25.4. The molecule has 0 radical (unpaired) electrons. The van der Waals surface area contributed by atoms with Gasteiger partial charge in [-0.2, -0.15) is 0 Å². The van der Waals surface area contributed by atoms with Gasteiger partial charge in [-0.25, -0.2) is 0 Å². The van der Waals surface area contributed by atoms with E-state index >= 15 is 0 Å². The highest BCUT2D eigenvalue weighted by atomic mass is 28.3. The van der Waals surface area contributed by atoms with Crippen molar-refractivity contribution in [2.24, 2.45) is 0 Å². The van der Waals surface area contributed by atoms with Crippen LogP contribution in [0.4, 0.5) is 34.1 Å². The van der Waals surface area contributed by atoms with Gasteiger partial charge in [0.2, 0.25) is 0 Å². The number of hydrogen-bond acceptors (Lipinski definition) is 2. The third-order valence-electron chi connectivity index (χ3n) is 20.6. The van der Waals surface area contributed by atoms with Crippen LogP contribution in [0.25, 0.3) is 44.5 Å². The first kappa shape index (κ1) is 55.5. The second-order valence-electron chi connectivity index (χ2n) is 27.1. The summed E-state index contributed by atoms with van der Waals surface area (Å²) in [6.07, 6.45) is 0. The Kier molecular flexibility index (Phi) is 14.3. The summed E-state index contributed by atoms with van der Waals surface area (Å²) in [7, 11) is -6.84. The summed E-state index contributed by atoms with van der Waals surface area (Å²) in [5.41, 5.74) is 18.5. The molecule has 99 heavy (non-hydrogen) atoms. The highest BCUT2D eigenvalue weighted by molar-refractivity contribution is 7.20. The zero-order chi connectivity index (χ0) is 70.8. The minimum absolute atomic E-state index is 0.172. The molecule has 2 nitrogen and oxygen atoms in total. The van der Waals surface area contributed by atoms with E-state index in [1.54, 1.807) is 0 Å². The molecule has 0 atom stereocenters. The van der Waals surface area contributed by atoms with Gasteiger partial charge in [-0.1, -0.05) is 366 Å². The molecule has 0 amide bonds. The fourth-order valence-corrected chi connectivity index (χ4v) is 25.7. The molecule has 0 fully saturated rings. The van der Waals surface area contributed by atoms with Gasteiger partial charge in [0.25, 0.3) is 6.71 Å². The Morgan fingerprint density at radius 3 is 1.08 bits per heavy atom. The number of benzene rings is 15. The second-order valence-corrected chi connectivity index (χ2v) is 34.7. The molecule has 2 aliphatic heterocycles. The fourth-order valence-electron chi connectivity index (χ4n) is 16.1. The van der Waals surface area contributed by atoms with E-state index < -0.39 is 22.2 Å². The summed E-state index contributed by atoms with van der Waals surface area (Å²) in [6.45, 7) is 6.59. The lowest BCUT2D eigenvalue weighted by atomic mass is 9.33. The molecule has 0 unspecified atom stereocenters. The van der Waals surface area contributed by atoms with Crippen LogP contribution in [0.2, 0.25) is 0 Å². The maximum atomic E-state index is 9.34. The van der Waals surface area contributed by atoms with Crippen molar-refractivity contribution in [2.75, 3.05) is 9.80 Å². The molecule has 15 aromatic rings. The van der Waals surface area contributed by atoms with Gasteiger partial charge in [0.1, 0.15) is 0 Å². The Bertz CT molecular complexity index is 5640. The molecular formula is C94H73BN2Si2. The smallest absolute Gasteiger partial charge is 0.252 e. The van der Waals surface area contributed by atoms with Crippen LogP contribution in [-0.2, 0) is 5.41 Å². The van der Waals surface area contributed by atoms with Crippen molar-refractivity contribution in [3.8, 4) is 44.5 Å². The van der Waals surface area contributed by atoms with Gasteiger partial charge in [-0.3, -0.25) is 0 Å². The molecule has 0 saturated heterocycles. The zero-order valence-corrected chi connectivity index (χ0v) is 57.5. The molecule has 0 saturated carbocycles. The third kappa shape index (κ3) is 10.5. The SMILES string of the molecule is [2H]c1c([2H])c([2H])c(-c2cccc([Si](c3ccccc3)(c3ccccc3)c3ccc4c(c3)N(c3ccc(C(C)(C)C)cc3-c3ccccc3)c3cccc5c3B4c3ccc([Si](c4ccccc4)(c4ccccc4)c4cccc(-c6ccccc6)c4)cc3N5c3ccccc3-c3ccccc3)c2)c([2H])c1[2H]. The highest BCUT2D eigenvalue weighted by Crippen LogP contribution is 2.49. The average molecular weight is 1300 g/mol. The van der Waals surface area contributed by atoms with E-state index in [1.807, 2.05) is 12.1 Å². The van der Waals surface area contributed by atoms with Gasteiger partial charge in [0, 0.05) is 33.9 Å². The number of fused-ring (bicyclic) bond motifs is 4. The van der Waals surface area contributed by atoms with E-state index in [2.05, 4.69) is 376 Å². The predicted molar refractivity (Wildman–Crippen MR) is 428 cm³/mol. The molecule has 0 bridgehead atoms. The van der Waals surface area contributed by atoms with Crippen LogP contribution in [0, 0.1) is 0 Å². The fraction of sp³-hybridized carbons (Fsp3) is 0.0426. The Labute approximate surface area is 592 Å². The average Bonchev–Trinajstić information content (AvgIpc) is 0.689. The van der Waals surface area contributed by atoms with Crippen molar-refractivity contribution in [1.82, 2.24) is 0 Å². The summed E-state index contributed by atoms with van der Waals surface area (Å²) in [4.78, 5) is 5.17. The van der Waals surface area contributed by atoms with Gasteiger partial charge >= 0.3 is 0 Å². The van der Waals surface area contributed by atoms with Gasteiger partial charge in [-0.15, -0.1) is 0 Å². The number of anilines is 6. The molecule has 0 aromatic heterocycles. The first-order valence-electron chi connectivity index (χ1n) is 36.8. The van der Waals surface area contributed by atoms with E-state index in [1.165, 1.54) is 48.4 Å². The molecule has 15 aromatic carbocycles. The Morgan fingerprint density at radius 2 is 0.616 bits per heavy atom. The quantitative estimate of drug-likeness (QED) is 0.0791. The van der Waals surface area contributed by atoms with E-state index in [4.69, 9.17) is 4.11 Å². The maximum Gasteiger partial charge on any atom is 0.252 e. The number of hydrogen-bond donors (Lipinski definition) is 0. The van der Waals surface area contributed by atoms with Gasteiger partial charge in [0.05, 0.1) is 18.2 Å². The van der Waals surface area contributed by atoms with Crippen molar-refractivity contribution >= 4 is 115 Å². The van der Waals surface area contributed by atoms with Crippen LogP contribution in [0.3, 0.4) is 0 Å². The van der Waals surface area contributed by atoms with Crippen LogP contribution in [0.5, 0.6) is 0 Å². The van der Waals surface area contributed by atoms with Gasteiger partial charge in [0.15, 0.2) is 16.1 Å². The monoisotopic (exact) mass is 1300 g/mol. The summed E-state index contributed by atoms with van der Waals surface area (Å²) in [5, 5.41) is 9.50. The van der Waals surface area contributed by atoms with E-state index in [0.717, 1.165) is 82.6 Å². The molecule has 0 spiro atoms. The molecule has 0 aliphatic carbocycles. The lowest BCUT2D eigenvalue weighted by molar-refractivity contribution is 0.590. The molecule has 470 valence electrons. The van der Waals surface area contributed by atoms with Gasteiger partial charge in [-0.05, 0) is 145 Å². The minimum atomic E-state index is -3.56. The van der Waals surface area contributed by atoms with Crippen molar-refractivity contribution in [2.45, 2.75) is 26.2 Å². The van der Waals surface area contributed by atoms with Crippen LogP contribution in [-0.4, -0.2) is 22.9 Å². The lowest BCUT2D eigenvalue weighted by Crippen LogP contribution is -2.75. The molecule has 5 heteroatoms. The minimum Gasteiger partial charge on any atom is -0.311 e. The summed E-state index contributed by atoms with van der Waals surface area (Å²) in [5.74, 6) is 0. The van der Waals surface area contributed by atoms with Crippen molar-refractivity contribution in [3.05, 3.63) is 394 Å². The molecule has 0 N–H and O–H groups in total. The first-order chi connectivity index (χ1) is 50.8. The largest absolute Gasteiger partial charge is 0.311 e. The molecule has 2 heterocycles. The van der Waals surface area contributed by atoms with Crippen molar-refractivity contribution < 1.29 is 6.85 Å². The Balaban J connectivity index is 0.997. The lowest BCUT2D eigenvalue weighted by Gasteiger charge is -2.46. The standard InChI is InChI=1S/C94H73BN2Si2/c1-94(2,3)74-57-62-88(84(65-74)71-39-18-7-19-40-71)97-90-56-32-55-89-93(90)95(86-61-59-82(67-92(86)97)99(77-47-24-10-25-48-77,78-49-26-11-27-50-78)80-52-31-42-73(64-80)69-35-14-5-15-36-69)85-60-58-81(66-91(85)96(89)87-54-29-28-53-83(87)70-37-16-6-17-38-70)98(75-43-20-8-21-44-75,76-45-22-9-23-46-76)79-51-30-41-72(63-79)68-33-12-4-13-34-68/h4-67H,1-3H3/i5D,14D,15D,35D,36D. The van der Waals surface area contributed by atoms with Crippen molar-refractivity contribution in [1.29, 1.82) is 0 Å². The molecular weight excluding hydrogens is 1220 g/mol. The predicted octanol–water partition coefficient (Wildman–Crippen LogP) is 16.5. The van der Waals surface area contributed by atoms with E-state index in [0.29, 0.717) is 5.56 Å². The van der Waals surface area contributed by atoms with E-state index in [-0.39, 0.29) is 41.9 Å². The first-order valence-corrected chi connectivity index (χ1v) is 38.3. The third-order valence-corrected chi connectivity index (χ3v) is 30.1.